The van der Waals surface area contributed by atoms with E-state index in [0.29, 0.717) is 5.69 Å². The Morgan fingerprint density at radius 2 is 1.96 bits per heavy atom. The first-order valence-electron chi connectivity index (χ1n) is 7.71. The average Bonchev–Trinajstić information content (AvgIpc) is 2.97. The van der Waals surface area contributed by atoms with Crippen LogP contribution in [-0.2, 0) is 9.59 Å². The molecule has 25 heavy (non-hydrogen) atoms. The van der Waals surface area contributed by atoms with Gasteiger partial charge in [0.15, 0.2) is 0 Å². The number of nitrogens with one attached hydrogen (secondary N) is 1. The van der Waals surface area contributed by atoms with Crippen LogP contribution in [0.3, 0.4) is 0 Å². The highest BCUT2D eigenvalue weighted by molar-refractivity contribution is 8.00. The summed E-state index contributed by atoms with van der Waals surface area (Å²) in [7, 11) is 0. The second-order valence-corrected chi connectivity index (χ2v) is 7.29. The summed E-state index contributed by atoms with van der Waals surface area (Å²) >= 11 is 7.22. The lowest BCUT2D eigenvalue weighted by atomic mass is 10.1. The Morgan fingerprint density at radius 1 is 1.28 bits per heavy atom. The highest BCUT2D eigenvalue weighted by Crippen LogP contribution is 2.44. The first-order valence-corrected chi connectivity index (χ1v) is 9.19. The van der Waals surface area contributed by atoms with Crippen LogP contribution in [0.1, 0.15) is 17.9 Å². The Kier molecular flexibility index (Phi) is 5.30. The summed E-state index contributed by atoms with van der Waals surface area (Å²) in [6, 6.07) is 13.3. The zero-order valence-corrected chi connectivity index (χ0v) is 15.0. The molecule has 0 radical (unpaired) electrons. The lowest BCUT2D eigenvalue weighted by Gasteiger charge is -2.26. The maximum Gasteiger partial charge on any atom is 0.242 e. The number of carbonyl (C=O) groups excluding carboxylic acids is 2. The van der Waals surface area contributed by atoms with Crippen LogP contribution < -0.4 is 10.2 Å². The van der Waals surface area contributed by atoms with Crippen LogP contribution in [-0.4, -0.2) is 22.9 Å². The molecule has 0 bridgehead atoms. The molecule has 4 nitrogen and oxygen atoms in total. The molecule has 1 aliphatic rings. The first kappa shape index (κ1) is 17.8. The van der Waals surface area contributed by atoms with Crippen molar-refractivity contribution in [1.82, 2.24) is 0 Å². The van der Waals surface area contributed by atoms with Gasteiger partial charge < -0.3 is 5.32 Å². The van der Waals surface area contributed by atoms with Gasteiger partial charge >= 0.3 is 0 Å². The minimum Gasteiger partial charge on any atom is -0.324 e. The topological polar surface area (TPSA) is 49.4 Å². The van der Waals surface area contributed by atoms with Crippen LogP contribution in [0.25, 0.3) is 0 Å². The molecule has 7 heteroatoms. The number of amides is 2. The van der Waals surface area contributed by atoms with Crippen molar-refractivity contribution in [2.75, 3.05) is 16.0 Å². The van der Waals surface area contributed by atoms with Crippen molar-refractivity contribution in [3.05, 3.63) is 59.9 Å². The molecule has 130 valence electrons. The summed E-state index contributed by atoms with van der Waals surface area (Å²) in [5, 5.41) is 1.66. The highest BCUT2D eigenvalue weighted by atomic mass is 35.5. The van der Waals surface area contributed by atoms with E-state index in [4.69, 9.17) is 11.6 Å². The van der Waals surface area contributed by atoms with Crippen LogP contribution in [0.4, 0.5) is 15.8 Å². The summed E-state index contributed by atoms with van der Waals surface area (Å²) in [4.78, 5) is 25.8. The summed E-state index contributed by atoms with van der Waals surface area (Å²) < 4.78 is 14.2. The predicted molar refractivity (Wildman–Crippen MR) is 99.5 cm³/mol. The smallest absolute Gasteiger partial charge is 0.242 e. The summed E-state index contributed by atoms with van der Waals surface area (Å²) in [5.74, 6) is -0.722. The molecule has 2 atom stereocenters. The number of hydrogen-bond donors (Lipinski definition) is 1. The number of thioether (sulfide) groups is 1. The van der Waals surface area contributed by atoms with Crippen molar-refractivity contribution in [1.29, 1.82) is 0 Å². The summed E-state index contributed by atoms with van der Waals surface area (Å²) in [6.07, 6.45) is 0. The van der Waals surface area contributed by atoms with Crippen LogP contribution >= 0.6 is 23.4 Å². The Hall–Kier alpha value is -2.05. The van der Waals surface area contributed by atoms with Crippen LogP contribution in [0.2, 0.25) is 0 Å². The van der Waals surface area contributed by atoms with Gasteiger partial charge in [-0.05, 0) is 25.1 Å². The van der Waals surface area contributed by atoms with Crippen molar-refractivity contribution < 1.29 is 14.0 Å². The number of hydrogen-bond acceptors (Lipinski definition) is 3. The van der Waals surface area contributed by atoms with Gasteiger partial charge in [0.2, 0.25) is 11.8 Å². The number of alkyl halides is 1. The van der Waals surface area contributed by atoms with Crippen LogP contribution in [0.5, 0.6) is 0 Å². The molecular formula is C18H16ClFN2O2S. The molecule has 0 aliphatic carbocycles. The Balaban J connectivity index is 1.99. The maximum atomic E-state index is 14.2. The lowest BCUT2D eigenvalue weighted by molar-refractivity contribution is -0.116. The Bertz CT molecular complexity index is 815. The van der Waals surface area contributed by atoms with Gasteiger partial charge in [-0.2, -0.15) is 0 Å². The van der Waals surface area contributed by atoms with E-state index in [0.717, 1.165) is 5.56 Å². The molecule has 1 aliphatic heterocycles. The van der Waals surface area contributed by atoms with Crippen molar-refractivity contribution in [2.45, 2.75) is 17.7 Å². The van der Waals surface area contributed by atoms with Crippen molar-refractivity contribution in [3.63, 3.8) is 0 Å². The van der Waals surface area contributed by atoms with E-state index in [-0.39, 0.29) is 23.3 Å². The van der Waals surface area contributed by atoms with Gasteiger partial charge in [-0.1, -0.05) is 30.3 Å². The average molecular weight is 379 g/mol. The fraction of sp³-hybridized carbons (Fsp3) is 0.222. The van der Waals surface area contributed by atoms with E-state index in [1.807, 2.05) is 12.1 Å². The SMILES string of the molecule is C[C@H](Cl)C(=O)Nc1ccccc1[C@H]1SCC(=O)N1c1ccccc1F. The number of rotatable bonds is 4. The zero-order chi connectivity index (χ0) is 18.0. The molecule has 2 amide bonds. The third-order valence-corrected chi connectivity index (χ3v) is 5.22. The molecule has 2 aromatic rings. The third kappa shape index (κ3) is 3.65. The number of para-hydroxylation sites is 2. The molecule has 2 aromatic carbocycles. The second-order valence-electron chi connectivity index (χ2n) is 5.57. The van der Waals surface area contributed by atoms with Gasteiger partial charge in [0.1, 0.15) is 16.6 Å². The summed E-state index contributed by atoms with van der Waals surface area (Å²) in [6.45, 7) is 1.58. The third-order valence-electron chi connectivity index (χ3n) is 3.83. The van der Waals surface area contributed by atoms with Crippen molar-refractivity contribution >= 4 is 46.6 Å². The number of nitrogens with zero attached hydrogens (tertiary/aromatic N) is 1. The molecule has 3 rings (SSSR count). The van der Waals surface area contributed by atoms with E-state index < -0.39 is 16.6 Å². The molecule has 0 saturated carbocycles. The van der Waals surface area contributed by atoms with Crippen LogP contribution in [0.15, 0.2) is 48.5 Å². The number of halogens is 2. The highest BCUT2D eigenvalue weighted by Gasteiger charge is 2.36. The van der Waals surface area contributed by atoms with Gasteiger partial charge in [-0.3, -0.25) is 14.5 Å². The molecule has 0 unspecified atom stereocenters. The number of carbonyl (C=O) groups is 2. The van der Waals surface area contributed by atoms with E-state index in [2.05, 4.69) is 5.32 Å². The van der Waals surface area contributed by atoms with Gasteiger partial charge in [-0.15, -0.1) is 23.4 Å². The first-order chi connectivity index (χ1) is 12.0. The molecular weight excluding hydrogens is 363 g/mol. The van der Waals surface area contributed by atoms with Gasteiger partial charge in [-0.25, -0.2) is 4.39 Å². The fourth-order valence-electron chi connectivity index (χ4n) is 2.62. The predicted octanol–water partition coefficient (Wildman–Crippen LogP) is 4.17. The van der Waals surface area contributed by atoms with Crippen molar-refractivity contribution in [2.24, 2.45) is 0 Å². The summed E-state index contributed by atoms with van der Waals surface area (Å²) in [5.41, 5.74) is 1.52. The Labute approximate surface area is 154 Å². The van der Waals surface area contributed by atoms with Gasteiger partial charge in [0, 0.05) is 11.3 Å². The monoisotopic (exact) mass is 378 g/mol. The zero-order valence-electron chi connectivity index (χ0n) is 13.4. The molecule has 1 N–H and O–H groups in total. The minimum atomic E-state index is -0.686. The molecule has 1 fully saturated rings. The van der Waals surface area contributed by atoms with Crippen molar-refractivity contribution in [3.8, 4) is 0 Å². The fourth-order valence-corrected chi connectivity index (χ4v) is 3.88. The van der Waals surface area contributed by atoms with E-state index in [9.17, 15) is 14.0 Å². The number of benzene rings is 2. The van der Waals surface area contributed by atoms with E-state index in [1.165, 1.54) is 22.7 Å². The molecule has 0 spiro atoms. The second kappa shape index (κ2) is 7.45. The van der Waals surface area contributed by atoms with E-state index in [1.54, 1.807) is 37.3 Å². The molecule has 1 saturated heterocycles. The van der Waals surface area contributed by atoms with Gasteiger partial charge in [0.05, 0.1) is 11.4 Å². The quantitative estimate of drug-likeness (QED) is 0.812. The maximum absolute atomic E-state index is 14.2. The lowest BCUT2D eigenvalue weighted by Crippen LogP contribution is -2.29. The largest absolute Gasteiger partial charge is 0.324 e. The minimum absolute atomic E-state index is 0.174. The molecule has 0 aromatic heterocycles. The normalized spacial score (nSPS) is 18.3. The number of anilines is 2. The molecule has 1 heterocycles. The van der Waals surface area contributed by atoms with Gasteiger partial charge in [0.25, 0.3) is 0 Å². The van der Waals surface area contributed by atoms with Crippen LogP contribution in [0, 0.1) is 5.82 Å². The van der Waals surface area contributed by atoms with E-state index >= 15 is 0 Å². The standard InChI is InChI=1S/C18H16ClFN2O2S/c1-11(19)17(24)21-14-8-4-2-6-12(14)18-22(16(23)10-25-18)15-9-5-3-7-13(15)20/h2-9,11,18H,10H2,1H3,(H,21,24)/t11-,18+/m0/s1. The Morgan fingerprint density at radius 3 is 2.68 bits per heavy atom.